The van der Waals surface area contributed by atoms with Gasteiger partial charge in [-0.25, -0.2) is 8.78 Å². The molecule has 2 saturated heterocycles. The average molecular weight is 265 g/mol. The van der Waals surface area contributed by atoms with Gasteiger partial charge in [0.25, 0.3) is 0 Å². The summed E-state index contributed by atoms with van der Waals surface area (Å²) < 4.78 is 33.2. The van der Waals surface area contributed by atoms with Crippen LogP contribution in [0.4, 0.5) is 8.78 Å². The second-order valence-electron chi connectivity index (χ2n) is 5.32. The number of hydrogen-bond donors (Lipinski definition) is 1. The maximum atomic E-state index is 14.0. The van der Waals surface area contributed by atoms with E-state index in [0.29, 0.717) is 0 Å². The number of fused-ring (bicyclic) bond motifs is 2. The maximum Gasteiger partial charge on any atom is 0.141 e. The summed E-state index contributed by atoms with van der Waals surface area (Å²) in [6.45, 7) is 0. The summed E-state index contributed by atoms with van der Waals surface area (Å²) in [5, 5.41) is 19.3. The van der Waals surface area contributed by atoms with Crippen molar-refractivity contribution in [2.24, 2.45) is 0 Å². The predicted molar refractivity (Wildman–Crippen MR) is 62.1 cm³/mol. The van der Waals surface area contributed by atoms with Gasteiger partial charge in [-0.15, -0.1) is 0 Å². The van der Waals surface area contributed by atoms with Gasteiger partial charge in [0.05, 0.1) is 23.4 Å². The molecular weight excluding hydrogens is 252 g/mol. The molecule has 0 radical (unpaired) electrons. The standard InChI is InChI=1S/C14H13F2NO2/c15-12-4-11(13(16)3-8(12)7-17)14(18)5-9-1-2-10(6-14)19-9/h3-4,9-10,18H,1-2,5-6H2. The van der Waals surface area contributed by atoms with Gasteiger partial charge in [0.15, 0.2) is 0 Å². The summed E-state index contributed by atoms with van der Waals surface area (Å²) in [6.07, 6.45) is 2.03. The Morgan fingerprint density at radius 2 is 1.84 bits per heavy atom. The van der Waals surface area contributed by atoms with Crippen LogP contribution in [0.2, 0.25) is 0 Å². The van der Waals surface area contributed by atoms with Crippen LogP contribution < -0.4 is 0 Å². The quantitative estimate of drug-likeness (QED) is 0.848. The fourth-order valence-electron chi connectivity index (χ4n) is 3.13. The number of nitriles is 1. The van der Waals surface area contributed by atoms with Gasteiger partial charge in [-0.2, -0.15) is 5.26 Å². The highest BCUT2D eigenvalue weighted by molar-refractivity contribution is 5.37. The topological polar surface area (TPSA) is 53.2 Å². The first-order valence-corrected chi connectivity index (χ1v) is 6.29. The van der Waals surface area contributed by atoms with Crippen LogP contribution in [0.1, 0.15) is 36.8 Å². The Morgan fingerprint density at radius 1 is 1.21 bits per heavy atom. The molecule has 0 aromatic heterocycles. The summed E-state index contributed by atoms with van der Waals surface area (Å²) in [6, 6.07) is 3.38. The van der Waals surface area contributed by atoms with E-state index >= 15 is 0 Å². The Kier molecular flexibility index (Phi) is 2.80. The summed E-state index contributed by atoms with van der Waals surface area (Å²) in [5.41, 5.74) is -1.81. The highest BCUT2D eigenvalue weighted by atomic mass is 19.1. The first-order valence-electron chi connectivity index (χ1n) is 6.29. The zero-order valence-electron chi connectivity index (χ0n) is 10.2. The van der Waals surface area contributed by atoms with Crippen molar-refractivity contribution >= 4 is 0 Å². The van der Waals surface area contributed by atoms with Crippen molar-refractivity contribution in [1.29, 1.82) is 5.26 Å². The molecule has 2 bridgehead atoms. The minimum absolute atomic E-state index is 0.0656. The fraction of sp³-hybridized carbons (Fsp3) is 0.500. The lowest BCUT2D eigenvalue weighted by molar-refractivity contribution is -0.117. The van der Waals surface area contributed by atoms with Gasteiger partial charge >= 0.3 is 0 Å². The minimum Gasteiger partial charge on any atom is -0.385 e. The zero-order chi connectivity index (χ0) is 13.6. The molecule has 3 rings (SSSR count). The Bertz CT molecular complexity index is 555. The molecule has 2 aliphatic rings. The summed E-state index contributed by atoms with van der Waals surface area (Å²) in [5.74, 6) is -1.53. The molecule has 2 atom stereocenters. The van der Waals surface area contributed by atoms with Crippen LogP contribution in [0, 0.1) is 23.0 Å². The smallest absolute Gasteiger partial charge is 0.141 e. The number of halogens is 2. The third-order valence-corrected chi connectivity index (χ3v) is 4.00. The van der Waals surface area contributed by atoms with E-state index < -0.39 is 17.2 Å². The molecule has 1 N–H and O–H groups in total. The fourth-order valence-corrected chi connectivity index (χ4v) is 3.13. The first kappa shape index (κ1) is 12.5. The lowest BCUT2D eigenvalue weighted by atomic mass is 9.83. The van der Waals surface area contributed by atoms with E-state index in [4.69, 9.17) is 10.00 Å². The second kappa shape index (κ2) is 4.26. The number of rotatable bonds is 1. The number of ether oxygens (including phenoxy) is 1. The maximum absolute atomic E-state index is 14.0. The molecule has 1 aromatic rings. The van der Waals surface area contributed by atoms with Crippen LogP contribution in [0.25, 0.3) is 0 Å². The van der Waals surface area contributed by atoms with Gasteiger partial charge in [-0.05, 0) is 25.0 Å². The lowest BCUT2D eigenvalue weighted by Gasteiger charge is -2.37. The lowest BCUT2D eigenvalue weighted by Crippen LogP contribution is -2.39. The van der Waals surface area contributed by atoms with E-state index in [2.05, 4.69) is 0 Å². The number of nitrogens with zero attached hydrogens (tertiary/aromatic N) is 1. The summed E-state index contributed by atoms with van der Waals surface area (Å²) in [4.78, 5) is 0. The molecule has 0 spiro atoms. The van der Waals surface area contributed by atoms with Crippen molar-refractivity contribution in [3.8, 4) is 6.07 Å². The third-order valence-electron chi connectivity index (χ3n) is 4.00. The van der Waals surface area contributed by atoms with Gasteiger partial charge in [0.1, 0.15) is 17.7 Å². The largest absolute Gasteiger partial charge is 0.385 e. The van der Waals surface area contributed by atoms with Crippen LogP contribution in [-0.4, -0.2) is 17.3 Å². The molecule has 2 heterocycles. The van der Waals surface area contributed by atoms with E-state index in [1.807, 2.05) is 0 Å². The van der Waals surface area contributed by atoms with Gasteiger partial charge in [0.2, 0.25) is 0 Å². The van der Waals surface area contributed by atoms with Crippen LogP contribution in [0.3, 0.4) is 0 Å². The minimum atomic E-state index is -1.40. The van der Waals surface area contributed by atoms with Crippen molar-refractivity contribution in [3.05, 3.63) is 34.9 Å². The van der Waals surface area contributed by atoms with Crippen molar-refractivity contribution in [1.82, 2.24) is 0 Å². The Morgan fingerprint density at radius 3 is 2.42 bits per heavy atom. The number of benzene rings is 1. The zero-order valence-corrected chi connectivity index (χ0v) is 10.2. The van der Waals surface area contributed by atoms with E-state index in [-0.39, 0.29) is 36.2 Å². The molecule has 5 heteroatoms. The normalized spacial score (nSPS) is 33.2. The van der Waals surface area contributed by atoms with Gasteiger partial charge in [0, 0.05) is 18.4 Å². The van der Waals surface area contributed by atoms with Gasteiger partial charge in [-0.1, -0.05) is 0 Å². The molecule has 0 aliphatic carbocycles. The second-order valence-corrected chi connectivity index (χ2v) is 5.32. The Hall–Kier alpha value is -1.51. The third kappa shape index (κ3) is 2.01. The van der Waals surface area contributed by atoms with Gasteiger partial charge < -0.3 is 9.84 Å². The van der Waals surface area contributed by atoms with Crippen molar-refractivity contribution in [2.75, 3.05) is 0 Å². The molecule has 0 saturated carbocycles. The van der Waals surface area contributed by atoms with E-state index in [9.17, 15) is 13.9 Å². The van der Waals surface area contributed by atoms with E-state index in [1.54, 1.807) is 6.07 Å². The van der Waals surface area contributed by atoms with Crippen LogP contribution >= 0.6 is 0 Å². The first-order chi connectivity index (χ1) is 9.01. The Balaban J connectivity index is 2.02. The SMILES string of the molecule is N#Cc1cc(F)c(C2(O)CC3CCC(C2)O3)cc1F. The molecular formula is C14H13F2NO2. The van der Waals surface area contributed by atoms with E-state index in [0.717, 1.165) is 25.0 Å². The van der Waals surface area contributed by atoms with Crippen LogP contribution in [-0.2, 0) is 10.3 Å². The number of hydrogen-bond acceptors (Lipinski definition) is 3. The highest BCUT2D eigenvalue weighted by Gasteiger charge is 2.46. The highest BCUT2D eigenvalue weighted by Crippen LogP contribution is 2.44. The average Bonchev–Trinajstić information content (AvgIpc) is 2.71. The van der Waals surface area contributed by atoms with Gasteiger partial charge in [-0.3, -0.25) is 0 Å². The van der Waals surface area contributed by atoms with Crippen LogP contribution in [0.15, 0.2) is 12.1 Å². The molecule has 2 unspecified atom stereocenters. The summed E-state index contributed by atoms with van der Waals surface area (Å²) in [7, 11) is 0. The molecule has 2 aliphatic heterocycles. The van der Waals surface area contributed by atoms with Crippen molar-refractivity contribution < 1.29 is 18.6 Å². The van der Waals surface area contributed by atoms with Crippen molar-refractivity contribution in [2.45, 2.75) is 43.5 Å². The molecule has 3 nitrogen and oxygen atoms in total. The molecule has 100 valence electrons. The van der Waals surface area contributed by atoms with Crippen LogP contribution in [0.5, 0.6) is 0 Å². The van der Waals surface area contributed by atoms with E-state index in [1.165, 1.54) is 0 Å². The molecule has 1 aromatic carbocycles. The molecule has 19 heavy (non-hydrogen) atoms. The summed E-state index contributed by atoms with van der Waals surface area (Å²) >= 11 is 0. The predicted octanol–water partition coefficient (Wildman–Crippen LogP) is 2.37. The Labute approximate surface area is 109 Å². The number of aliphatic hydroxyl groups is 1. The molecule has 0 amide bonds. The molecule has 2 fully saturated rings. The van der Waals surface area contributed by atoms with Crippen molar-refractivity contribution in [3.63, 3.8) is 0 Å². The monoisotopic (exact) mass is 265 g/mol.